The van der Waals surface area contributed by atoms with E-state index >= 15 is 0 Å². The Bertz CT molecular complexity index is 555. The molecule has 0 aliphatic carbocycles. The van der Waals surface area contributed by atoms with Crippen LogP contribution in [0.5, 0.6) is 0 Å². The molecule has 1 aromatic rings. The Morgan fingerprint density at radius 3 is 2.43 bits per heavy atom. The SMILES string of the molecule is C#CC(C)(CC/C=C(\C)CCC=C(C)C)OCc1ccccc1. The van der Waals surface area contributed by atoms with E-state index in [9.17, 15) is 0 Å². The van der Waals surface area contributed by atoms with Gasteiger partial charge in [0.05, 0.1) is 6.61 Å². The normalized spacial score (nSPS) is 14.0. The number of rotatable bonds is 9. The third-order valence-corrected chi connectivity index (χ3v) is 3.91. The van der Waals surface area contributed by atoms with Crippen molar-refractivity contribution in [3.05, 3.63) is 59.2 Å². The Morgan fingerprint density at radius 2 is 1.83 bits per heavy atom. The summed E-state index contributed by atoms with van der Waals surface area (Å²) in [7, 11) is 0. The summed E-state index contributed by atoms with van der Waals surface area (Å²) < 4.78 is 5.98. The van der Waals surface area contributed by atoms with E-state index < -0.39 is 5.60 Å². The van der Waals surface area contributed by atoms with Gasteiger partial charge in [-0.25, -0.2) is 0 Å². The van der Waals surface area contributed by atoms with Crippen molar-refractivity contribution in [3.8, 4) is 12.3 Å². The molecule has 0 radical (unpaired) electrons. The van der Waals surface area contributed by atoms with Crippen molar-refractivity contribution in [2.24, 2.45) is 0 Å². The Labute approximate surface area is 142 Å². The van der Waals surface area contributed by atoms with Crippen molar-refractivity contribution in [2.75, 3.05) is 0 Å². The second-order valence-electron chi connectivity index (χ2n) is 6.56. The molecule has 1 heteroatoms. The highest BCUT2D eigenvalue weighted by Gasteiger charge is 2.21. The largest absolute Gasteiger partial charge is 0.358 e. The molecule has 0 aliphatic heterocycles. The summed E-state index contributed by atoms with van der Waals surface area (Å²) in [5.74, 6) is 2.82. The fourth-order valence-corrected chi connectivity index (χ4v) is 2.29. The summed E-state index contributed by atoms with van der Waals surface area (Å²) in [5, 5.41) is 0. The van der Waals surface area contributed by atoms with Gasteiger partial charge in [0.25, 0.3) is 0 Å². The van der Waals surface area contributed by atoms with E-state index in [-0.39, 0.29) is 0 Å². The van der Waals surface area contributed by atoms with Crippen molar-refractivity contribution in [1.29, 1.82) is 0 Å². The quantitative estimate of drug-likeness (QED) is 0.397. The van der Waals surface area contributed by atoms with Crippen molar-refractivity contribution in [2.45, 2.75) is 65.6 Å². The molecular formula is C22H30O. The van der Waals surface area contributed by atoms with Gasteiger partial charge in [0.2, 0.25) is 0 Å². The average molecular weight is 310 g/mol. The lowest BCUT2D eigenvalue weighted by molar-refractivity contribution is -0.00438. The van der Waals surface area contributed by atoms with Gasteiger partial charge in [-0.2, -0.15) is 0 Å². The van der Waals surface area contributed by atoms with Crippen LogP contribution in [0.1, 0.15) is 58.9 Å². The average Bonchev–Trinajstić information content (AvgIpc) is 2.53. The summed E-state index contributed by atoms with van der Waals surface area (Å²) in [6, 6.07) is 10.2. The van der Waals surface area contributed by atoms with Crippen LogP contribution in [-0.4, -0.2) is 5.60 Å². The van der Waals surface area contributed by atoms with Crippen molar-refractivity contribution in [1.82, 2.24) is 0 Å². The number of allylic oxidation sites excluding steroid dienone is 4. The monoisotopic (exact) mass is 310 g/mol. The van der Waals surface area contributed by atoms with E-state index in [1.54, 1.807) is 0 Å². The molecule has 23 heavy (non-hydrogen) atoms. The molecule has 0 saturated carbocycles. The number of benzene rings is 1. The van der Waals surface area contributed by atoms with Gasteiger partial charge in [-0.05, 0) is 58.9 Å². The van der Waals surface area contributed by atoms with Gasteiger partial charge in [-0.3, -0.25) is 0 Å². The third kappa shape index (κ3) is 8.43. The zero-order valence-electron chi connectivity index (χ0n) is 15.1. The third-order valence-electron chi connectivity index (χ3n) is 3.91. The molecule has 1 atom stereocenters. The summed E-state index contributed by atoms with van der Waals surface area (Å²) in [4.78, 5) is 0. The lowest BCUT2D eigenvalue weighted by atomic mass is 9.99. The van der Waals surface area contributed by atoms with Gasteiger partial charge in [0.15, 0.2) is 0 Å². The molecule has 0 amide bonds. The fourth-order valence-electron chi connectivity index (χ4n) is 2.29. The topological polar surface area (TPSA) is 9.23 Å². The summed E-state index contributed by atoms with van der Waals surface area (Å²) in [5.41, 5.74) is 3.45. The van der Waals surface area contributed by atoms with Crippen molar-refractivity contribution >= 4 is 0 Å². The van der Waals surface area contributed by atoms with E-state index in [1.807, 2.05) is 25.1 Å². The maximum absolute atomic E-state index is 5.98. The van der Waals surface area contributed by atoms with Crippen LogP contribution in [-0.2, 0) is 11.3 Å². The van der Waals surface area contributed by atoms with Crippen LogP contribution >= 0.6 is 0 Å². The minimum atomic E-state index is -0.507. The molecule has 0 aromatic heterocycles. The number of hydrogen-bond donors (Lipinski definition) is 0. The van der Waals surface area contributed by atoms with Gasteiger partial charge in [0, 0.05) is 0 Å². The second-order valence-corrected chi connectivity index (χ2v) is 6.56. The highest BCUT2D eigenvalue weighted by atomic mass is 16.5. The standard InChI is InChI=1S/C22H30O/c1-6-22(5,23-18-21-15-8-7-9-16-21)17-11-14-20(4)13-10-12-19(2)3/h1,7-9,12,14-16H,10-11,13,17-18H2,2-5H3/b20-14+. The second kappa shape index (κ2) is 10.1. The first kappa shape index (κ1) is 19.3. The van der Waals surface area contributed by atoms with Gasteiger partial charge in [-0.15, -0.1) is 6.42 Å². The van der Waals surface area contributed by atoms with E-state index in [4.69, 9.17) is 11.2 Å². The van der Waals surface area contributed by atoms with E-state index in [0.29, 0.717) is 6.61 Å². The van der Waals surface area contributed by atoms with Crippen molar-refractivity contribution in [3.63, 3.8) is 0 Å². The van der Waals surface area contributed by atoms with Crippen LogP contribution in [0.3, 0.4) is 0 Å². The summed E-state index contributed by atoms with van der Waals surface area (Å²) in [6.07, 6.45) is 14.3. The molecule has 0 spiro atoms. The highest BCUT2D eigenvalue weighted by molar-refractivity contribution is 5.15. The maximum Gasteiger partial charge on any atom is 0.126 e. The molecule has 0 fully saturated rings. The van der Waals surface area contributed by atoms with Gasteiger partial charge in [-0.1, -0.05) is 59.6 Å². The van der Waals surface area contributed by atoms with E-state index in [0.717, 1.165) is 31.2 Å². The molecule has 0 aliphatic rings. The first-order chi connectivity index (χ1) is 10.9. The molecule has 1 unspecified atom stereocenters. The van der Waals surface area contributed by atoms with E-state index in [1.165, 1.54) is 11.1 Å². The Balaban J connectivity index is 2.42. The molecule has 1 rings (SSSR count). The van der Waals surface area contributed by atoms with Gasteiger partial charge < -0.3 is 4.74 Å². The van der Waals surface area contributed by atoms with E-state index in [2.05, 4.69) is 51.0 Å². The van der Waals surface area contributed by atoms with Gasteiger partial charge in [0.1, 0.15) is 5.60 Å². The number of terminal acetylenes is 1. The lowest BCUT2D eigenvalue weighted by Gasteiger charge is -2.24. The first-order valence-electron chi connectivity index (χ1n) is 8.40. The molecular weight excluding hydrogens is 280 g/mol. The zero-order valence-corrected chi connectivity index (χ0v) is 15.1. The minimum Gasteiger partial charge on any atom is -0.358 e. The fraction of sp³-hybridized carbons (Fsp3) is 0.455. The van der Waals surface area contributed by atoms with Crippen LogP contribution in [0.4, 0.5) is 0 Å². The van der Waals surface area contributed by atoms with Crippen LogP contribution in [0, 0.1) is 12.3 Å². The minimum absolute atomic E-state index is 0.507. The predicted octanol–water partition coefficient (Wildman–Crippen LogP) is 6.07. The zero-order chi connectivity index (χ0) is 17.1. The van der Waals surface area contributed by atoms with Crippen LogP contribution in [0.15, 0.2) is 53.6 Å². The summed E-state index contributed by atoms with van der Waals surface area (Å²) >= 11 is 0. The van der Waals surface area contributed by atoms with Gasteiger partial charge >= 0.3 is 0 Å². The van der Waals surface area contributed by atoms with Crippen LogP contribution < -0.4 is 0 Å². The molecule has 0 saturated heterocycles. The Hall–Kier alpha value is -1.78. The summed E-state index contributed by atoms with van der Waals surface area (Å²) in [6.45, 7) is 9.03. The number of ether oxygens (including phenoxy) is 1. The molecule has 0 N–H and O–H groups in total. The molecule has 124 valence electrons. The lowest BCUT2D eigenvalue weighted by Crippen LogP contribution is -2.26. The van der Waals surface area contributed by atoms with Crippen LogP contribution in [0.25, 0.3) is 0 Å². The Morgan fingerprint density at radius 1 is 1.13 bits per heavy atom. The molecule has 0 heterocycles. The molecule has 0 bridgehead atoms. The highest BCUT2D eigenvalue weighted by Crippen LogP contribution is 2.20. The first-order valence-corrected chi connectivity index (χ1v) is 8.40. The predicted molar refractivity (Wildman–Crippen MR) is 100 cm³/mol. The molecule has 1 aromatic carbocycles. The smallest absolute Gasteiger partial charge is 0.126 e. The Kier molecular flexibility index (Phi) is 8.45. The van der Waals surface area contributed by atoms with Crippen LogP contribution in [0.2, 0.25) is 0 Å². The van der Waals surface area contributed by atoms with Crippen molar-refractivity contribution < 1.29 is 4.74 Å². The maximum atomic E-state index is 5.98. The number of hydrogen-bond acceptors (Lipinski definition) is 1. The molecule has 1 nitrogen and oxygen atoms in total.